The van der Waals surface area contributed by atoms with Gasteiger partial charge in [0.1, 0.15) is 5.60 Å². The fourth-order valence-electron chi connectivity index (χ4n) is 2.01. The maximum absolute atomic E-state index is 12.0. The Kier molecular flexibility index (Phi) is 4.53. The van der Waals surface area contributed by atoms with Gasteiger partial charge in [-0.3, -0.25) is 0 Å². The van der Waals surface area contributed by atoms with Gasteiger partial charge in [-0.1, -0.05) is 6.92 Å². The molecule has 16 heavy (non-hydrogen) atoms. The number of carbonyl (C=O) groups excluding carboxylic acids is 1. The SMILES string of the molecule is C[C@H](S)[C@H]1CCCCN1C(=O)OC(C)(C)C. The fourth-order valence-corrected chi connectivity index (χ4v) is 2.32. The lowest BCUT2D eigenvalue weighted by Crippen LogP contribution is -2.49. The van der Waals surface area contributed by atoms with Crippen molar-refractivity contribution >= 4 is 18.7 Å². The molecule has 1 rings (SSSR count). The number of hydrogen-bond donors (Lipinski definition) is 1. The molecule has 1 amide bonds. The molecule has 3 nitrogen and oxygen atoms in total. The van der Waals surface area contributed by atoms with Gasteiger partial charge in [0.2, 0.25) is 0 Å². The molecule has 1 fully saturated rings. The lowest BCUT2D eigenvalue weighted by molar-refractivity contribution is 0.0102. The van der Waals surface area contributed by atoms with E-state index >= 15 is 0 Å². The summed E-state index contributed by atoms with van der Waals surface area (Å²) in [5.74, 6) is 0. The zero-order valence-electron chi connectivity index (χ0n) is 10.7. The lowest BCUT2D eigenvalue weighted by atomic mass is 10.0. The topological polar surface area (TPSA) is 29.5 Å². The summed E-state index contributed by atoms with van der Waals surface area (Å²) in [5.41, 5.74) is -0.418. The zero-order valence-corrected chi connectivity index (χ0v) is 11.6. The molecule has 4 heteroatoms. The molecular weight excluding hydrogens is 222 g/mol. The fraction of sp³-hybridized carbons (Fsp3) is 0.917. The van der Waals surface area contributed by atoms with Crippen molar-refractivity contribution in [2.24, 2.45) is 0 Å². The number of nitrogens with zero attached hydrogens (tertiary/aromatic N) is 1. The highest BCUT2D eigenvalue weighted by atomic mass is 32.1. The summed E-state index contributed by atoms with van der Waals surface area (Å²) in [6.07, 6.45) is 3.08. The number of rotatable bonds is 1. The van der Waals surface area contributed by atoms with Gasteiger partial charge in [-0.25, -0.2) is 4.79 Å². The summed E-state index contributed by atoms with van der Waals surface area (Å²) in [5, 5.41) is 0.202. The summed E-state index contributed by atoms with van der Waals surface area (Å²) in [7, 11) is 0. The third-order valence-electron chi connectivity index (χ3n) is 2.73. The van der Waals surface area contributed by atoms with E-state index in [1.54, 1.807) is 0 Å². The Bertz CT molecular complexity index is 248. The minimum absolute atomic E-state index is 0.196. The molecule has 94 valence electrons. The Morgan fingerprint density at radius 1 is 1.44 bits per heavy atom. The number of thiol groups is 1. The lowest BCUT2D eigenvalue weighted by Gasteiger charge is -2.38. The quantitative estimate of drug-likeness (QED) is 0.719. The molecule has 0 aliphatic carbocycles. The van der Waals surface area contributed by atoms with Crippen molar-refractivity contribution in [3.63, 3.8) is 0 Å². The van der Waals surface area contributed by atoms with Gasteiger partial charge in [0.25, 0.3) is 0 Å². The van der Waals surface area contributed by atoms with E-state index in [1.165, 1.54) is 6.42 Å². The summed E-state index contributed by atoms with van der Waals surface area (Å²) >= 11 is 4.46. The minimum Gasteiger partial charge on any atom is -0.444 e. The molecule has 1 aliphatic heterocycles. The first kappa shape index (κ1) is 13.7. The normalized spacial score (nSPS) is 24.1. The predicted molar refractivity (Wildman–Crippen MR) is 69.0 cm³/mol. The average Bonchev–Trinajstić information content (AvgIpc) is 2.15. The van der Waals surface area contributed by atoms with Crippen LogP contribution in [0.1, 0.15) is 47.0 Å². The van der Waals surface area contributed by atoms with Gasteiger partial charge in [0.05, 0.1) is 0 Å². The molecule has 2 atom stereocenters. The molecule has 0 aromatic heterocycles. The van der Waals surface area contributed by atoms with Gasteiger partial charge in [-0.05, 0) is 40.0 Å². The summed E-state index contributed by atoms with van der Waals surface area (Å²) in [6, 6.07) is 0.215. The van der Waals surface area contributed by atoms with Crippen LogP contribution >= 0.6 is 12.6 Å². The zero-order chi connectivity index (χ0) is 12.3. The Hall–Kier alpha value is -0.380. The standard InChI is InChI=1S/C12H23NO2S/c1-9(16)10-7-5-6-8-13(10)11(14)15-12(2,3)4/h9-10,16H,5-8H2,1-4H3/t9-,10+/m0/s1. The van der Waals surface area contributed by atoms with Crippen molar-refractivity contribution in [1.82, 2.24) is 4.90 Å². The average molecular weight is 245 g/mol. The van der Waals surface area contributed by atoms with Crippen LogP contribution in [0.15, 0.2) is 0 Å². The molecule has 0 N–H and O–H groups in total. The van der Waals surface area contributed by atoms with Crippen LogP contribution in [0.25, 0.3) is 0 Å². The van der Waals surface area contributed by atoms with Crippen LogP contribution in [0.5, 0.6) is 0 Å². The molecule has 1 aliphatic rings. The third-order valence-corrected chi connectivity index (χ3v) is 3.08. The number of ether oxygens (including phenoxy) is 1. The number of hydrogen-bond acceptors (Lipinski definition) is 3. The van der Waals surface area contributed by atoms with Crippen molar-refractivity contribution < 1.29 is 9.53 Å². The molecule has 0 aromatic rings. The van der Waals surface area contributed by atoms with E-state index in [1.807, 2.05) is 32.6 Å². The first-order chi connectivity index (χ1) is 7.31. The van der Waals surface area contributed by atoms with Crippen LogP contribution < -0.4 is 0 Å². The second-order valence-corrected chi connectivity index (χ2v) is 6.29. The molecular formula is C12H23NO2S. The first-order valence-electron chi connectivity index (χ1n) is 5.99. The van der Waals surface area contributed by atoms with Crippen molar-refractivity contribution in [2.75, 3.05) is 6.54 Å². The van der Waals surface area contributed by atoms with Gasteiger partial charge in [0.15, 0.2) is 0 Å². The number of carbonyl (C=O) groups is 1. The van der Waals surface area contributed by atoms with Crippen molar-refractivity contribution in [3.05, 3.63) is 0 Å². The van der Waals surface area contributed by atoms with Crippen LogP contribution in [0.3, 0.4) is 0 Å². The van der Waals surface area contributed by atoms with Crippen LogP contribution in [-0.2, 0) is 4.74 Å². The van der Waals surface area contributed by atoms with E-state index in [0.29, 0.717) is 0 Å². The van der Waals surface area contributed by atoms with Crippen LogP contribution in [-0.4, -0.2) is 34.4 Å². The molecule has 0 spiro atoms. The second kappa shape index (κ2) is 5.30. The molecule has 0 bridgehead atoms. The summed E-state index contributed by atoms with van der Waals surface area (Å²) < 4.78 is 5.41. The Balaban J connectivity index is 2.64. The van der Waals surface area contributed by atoms with E-state index in [-0.39, 0.29) is 17.4 Å². The van der Waals surface area contributed by atoms with Gasteiger partial charge in [-0.2, -0.15) is 12.6 Å². The largest absolute Gasteiger partial charge is 0.444 e. The van der Waals surface area contributed by atoms with Crippen molar-refractivity contribution in [2.45, 2.75) is 63.9 Å². The number of amides is 1. The van der Waals surface area contributed by atoms with E-state index in [9.17, 15) is 4.79 Å². The number of piperidine rings is 1. The van der Waals surface area contributed by atoms with Crippen LogP contribution in [0, 0.1) is 0 Å². The van der Waals surface area contributed by atoms with Crippen LogP contribution in [0.2, 0.25) is 0 Å². The van der Waals surface area contributed by atoms with Gasteiger partial charge in [0, 0.05) is 17.8 Å². The maximum atomic E-state index is 12.0. The summed E-state index contributed by atoms with van der Waals surface area (Å²) in [4.78, 5) is 13.8. The Labute approximate surface area is 104 Å². The Morgan fingerprint density at radius 2 is 2.06 bits per heavy atom. The van der Waals surface area contributed by atoms with Gasteiger partial charge < -0.3 is 9.64 Å². The molecule has 0 radical (unpaired) electrons. The van der Waals surface area contributed by atoms with Gasteiger partial charge in [-0.15, -0.1) is 0 Å². The second-order valence-electron chi connectivity index (χ2n) is 5.48. The van der Waals surface area contributed by atoms with Gasteiger partial charge >= 0.3 is 6.09 Å². The molecule has 0 unspecified atom stereocenters. The highest BCUT2D eigenvalue weighted by molar-refractivity contribution is 7.81. The summed E-state index contributed by atoms with van der Waals surface area (Å²) in [6.45, 7) is 8.52. The first-order valence-corrected chi connectivity index (χ1v) is 6.50. The van der Waals surface area contributed by atoms with E-state index in [2.05, 4.69) is 12.6 Å². The van der Waals surface area contributed by atoms with E-state index in [4.69, 9.17) is 4.74 Å². The van der Waals surface area contributed by atoms with E-state index < -0.39 is 5.60 Å². The predicted octanol–water partition coefficient (Wildman–Crippen LogP) is 3.09. The molecule has 1 saturated heterocycles. The van der Waals surface area contributed by atoms with Crippen LogP contribution in [0.4, 0.5) is 4.79 Å². The molecule has 0 saturated carbocycles. The highest BCUT2D eigenvalue weighted by Gasteiger charge is 2.32. The molecule has 1 heterocycles. The molecule has 0 aromatic carbocycles. The van der Waals surface area contributed by atoms with Crippen molar-refractivity contribution in [1.29, 1.82) is 0 Å². The highest BCUT2D eigenvalue weighted by Crippen LogP contribution is 2.24. The monoisotopic (exact) mass is 245 g/mol. The minimum atomic E-state index is -0.418. The maximum Gasteiger partial charge on any atom is 0.410 e. The van der Waals surface area contributed by atoms with Crippen molar-refractivity contribution in [3.8, 4) is 0 Å². The smallest absolute Gasteiger partial charge is 0.410 e. The third kappa shape index (κ3) is 3.89. The Morgan fingerprint density at radius 3 is 2.56 bits per heavy atom. The van der Waals surface area contributed by atoms with E-state index in [0.717, 1.165) is 19.4 Å². The number of likely N-dealkylation sites (tertiary alicyclic amines) is 1.